The van der Waals surface area contributed by atoms with Crippen LogP contribution in [0.25, 0.3) is 11.8 Å². The van der Waals surface area contributed by atoms with E-state index in [4.69, 9.17) is 4.74 Å². The van der Waals surface area contributed by atoms with Crippen LogP contribution in [0.5, 0.6) is 5.75 Å². The molecule has 0 bridgehead atoms. The third kappa shape index (κ3) is 3.94. The number of aryl methyl sites for hydroxylation is 3. The summed E-state index contributed by atoms with van der Waals surface area (Å²) in [5.41, 5.74) is 6.46. The van der Waals surface area contributed by atoms with E-state index in [0.29, 0.717) is 5.75 Å². The average molecular weight is 387 g/mol. The van der Waals surface area contributed by atoms with E-state index < -0.39 is 0 Å². The van der Waals surface area contributed by atoms with E-state index in [2.05, 4.69) is 22.4 Å². The summed E-state index contributed by atoms with van der Waals surface area (Å²) in [4.78, 5) is 16.8. The number of rotatable bonds is 5. The number of methoxy groups -OCH3 is 1. The smallest absolute Gasteiger partial charge is 0.244 e. The molecule has 0 radical (unpaired) electrons. The van der Waals surface area contributed by atoms with Crippen LogP contribution in [0.1, 0.15) is 40.4 Å². The Hall–Kier alpha value is -3.34. The van der Waals surface area contributed by atoms with Gasteiger partial charge in [-0.05, 0) is 55.5 Å². The van der Waals surface area contributed by atoms with Crippen molar-refractivity contribution in [3.05, 3.63) is 82.9 Å². The van der Waals surface area contributed by atoms with Gasteiger partial charge in [0.2, 0.25) is 5.91 Å². The number of aromatic nitrogens is 2. The molecule has 0 saturated carbocycles. The monoisotopic (exact) mass is 387 g/mol. The number of ether oxygens (including phenoxy) is 1. The highest BCUT2D eigenvalue weighted by Crippen LogP contribution is 2.31. The molecule has 4 rings (SSSR count). The molecule has 0 saturated heterocycles. The SMILES string of the molecule is COc1cc(-n2cnc(C)c2)c(C)cc1/C=C/C(=O)NC1CCc2ccccc21. The first-order chi connectivity index (χ1) is 14.0. The summed E-state index contributed by atoms with van der Waals surface area (Å²) >= 11 is 0. The second kappa shape index (κ2) is 7.95. The van der Waals surface area contributed by atoms with Gasteiger partial charge < -0.3 is 14.6 Å². The molecule has 1 amide bonds. The van der Waals surface area contributed by atoms with E-state index in [1.807, 2.05) is 55.0 Å². The molecule has 0 aliphatic heterocycles. The molecule has 5 heteroatoms. The molecule has 1 aliphatic rings. The summed E-state index contributed by atoms with van der Waals surface area (Å²) in [7, 11) is 1.64. The van der Waals surface area contributed by atoms with Gasteiger partial charge in [0.25, 0.3) is 0 Å². The fraction of sp³-hybridized carbons (Fsp3) is 0.250. The van der Waals surface area contributed by atoms with E-state index in [1.54, 1.807) is 19.5 Å². The van der Waals surface area contributed by atoms with Crippen LogP contribution >= 0.6 is 0 Å². The highest BCUT2D eigenvalue weighted by Gasteiger charge is 2.22. The number of carbonyl (C=O) groups excluding carboxylic acids is 1. The minimum atomic E-state index is -0.0966. The van der Waals surface area contributed by atoms with Gasteiger partial charge in [-0.25, -0.2) is 4.98 Å². The third-order valence-electron chi connectivity index (χ3n) is 5.40. The van der Waals surface area contributed by atoms with Crippen molar-refractivity contribution in [3.63, 3.8) is 0 Å². The lowest BCUT2D eigenvalue weighted by Crippen LogP contribution is -2.25. The molecule has 5 nitrogen and oxygen atoms in total. The number of hydrogen-bond donors (Lipinski definition) is 1. The minimum Gasteiger partial charge on any atom is -0.496 e. The van der Waals surface area contributed by atoms with Crippen LogP contribution in [-0.2, 0) is 11.2 Å². The Bertz CT molecular complexity index is 1080. The highest BCUT2D eigenvalue weighted by atomic mass is 16.5. The van der Waals surface area contributed by atoms with Gasteiger partial charge >= 0.3 is 0 Å². The summed E-state index contributed by atoms with van der Waals surface area (Å²) in [6, 6.07) is 12.4. The molecule has 3 aromatic rings. The number of imidazole rings is 1. The maximum Gasteiger partial charge on any atom is 0.244 e. The van der Waals surface area contributed by atoms with Crippen LogP contribution in [0.3, 0.4) is 0 Å². The standard InChI is InChI=1S/C24H25N3O2/c1-16-12-19(23(29-3)13-22(16)27-14-17(2)25-15-27)9-11-24(28)26-21-10-8-18-6-4-5-7-20(18)21/h4-7,9,11-15,21H,8,10H2,1-3H3,(H,26,28)/b11-9+. The van der Waals surface area contributed by atoms with Crippen molar-refractivity contribution in [2.45, 2.75) is 32.7 Å². The van der Waals surface area contributed by atoms with E-state index in [0.717, 1.165) is 35.3 Å². The van der Waals surface area contributed by atoms with Crippen LogP contribution in [0, 0.1) is 13.8 Å². The predicted octanol–water partition coefficient (Wildman–Crippen LogP) is 4.31. The normalized spacial score (nSPS) is 15.5. The molecule has 1 unspecified atom stereocenters. The van der Waals surface area contributed by atoms with Crippen molar-refractivity contribution < 1.29 is 9.53 Å². The summed E-state index contributed by atoms with van der Waals surface area (Å²) in [6.45, 7) is 4.00. The Morgan fingerprint density at radius 2 is 2.10 bits per heavy atom. The number of amides is 1. The fourth-order valence-corrected chi connectivity index (χ4v) is 3.93. The number of fused-ring (bicyclic) bond motifs is 1. The van der Waals surface area contributed by atoms with Crippen molar-refractivity contribution in [2.75, 3.05) is 7.11 Å². The molecule has 148 valence electrons. The zero-order chi connectivity index (χ0) is 20.4. The Morgan fingerprint density at radius 1 is 1.28 bits per heavy atom. The first kappa shape index (κ1) is 19.0. The van der Waals surface area contributed by atoms with Gasteiger partial charge in [-0.2, -0.15) is 0 Å². The zero-order valence-corrected chi connectivity index (χ0v) is 17.0. The topological polar surface area (TPSA) is 56.2 Å². The summed E-state index contributed by atoms with van der Waals surface area (Å²) in [5.74, 6) is 0.618. The summed E-state index contributed by atoms with van der Waals surface area (Å²) in [6.07, 6.45) is 9.11. The van der Waals surface area contributed by atoms with E-state index in [9.17, 15) is 4.79 Å². The first-order valence-electron chi connectivity index (χ1n) is 9.81. The third-order valence-corrected chi connectivity index (χ3v) is 5.40. The first-order valence-corrected chi connectivity index (χ1v) is 9.81. The Labute approximate surface area is 171 Å². The molecule has 0 fully saturated rings. The maximum atomic E-state index is 12.5. The van der Waals surface area contributed by atoms with Crippen LogP contribution in [0.15, 0.2) is 55.0 Å². The van der Waals surface area contributed by atoms with Gasteiger partial charge in [-0.3, -0.25) is 4.79 Å². The minimum absolute atomic E-state index is 0.0823. The van der Waals surface area contributed by atoms with Crippen molar-refractivity contribution >= 4 is 12.0 Å². The molecule has 0 spiro atoms. The fourth-order valence-electron chi connectivity index (χ4n) is 3.93. The molecule has 1 aromatic heterocycles. The van der Waals surface area contributed by atoms with Crippen molar-refractivity contribution in [2.24, 2.45) is 0 Å². The molecule has 2 aromatic carbocycles. The second-order valence-electron chi connectivity index (χ2n) is 7.43. The van der Waals surface area contributed by atoms with Gasteiger partial charge in [0.15, 0.2) is 0 Å². The van der Waals surface area contributed by atoms with Crippen LogP contribution < -0.4 is 10.1 Å². The molecule has 1 aliphatic carbocycles. The number of hydrogen-bond acceptors (Lipinski definition) is 3. The van der Waals surface area contributed by atoms with E-state index >= 15 is 0 Å². The summed E-state index contributed by atoms with van der Waals surface area (Å²) in [5, 5.41) is 3.12. The van der Waals surface area contributed by atoms with E-state index in [-0.39, 0.29) is 11.9 Å². The number of benzene rings is 2. The average Bonchev–Trinajstić information content (AvgIpc) is 3.33. The van der Waals surface area contributed by atoms with Crippen LogP contribution in [-0.4, -0.2) is 22.6 Å². The van der Waals surface area contributed by atoms with Crippen molar-refractivity contribution in [1.82, 2.24) is 14.9 Å². The molecule has 29 heavy (non-hydrogen) atoms. The predicted molar refractivity (Wildman–Crippen MR) is 114 cm³/mol. The van der Waals surface area contributed by atoms with Gasteiger partial charge in [0.1, 0.15) is 5.75 Å². The molecule has 1 N–H and O–H groups in total. The van der Waals surface area contributed by atoms with Crippen LogP contribution in [0.4, 0.5) is 0 Å². The lowest BCUT2D eigenvalue weighted by molar-refractivity contribution is -0.117. The van der Waals surface area contributed by atoms with E-state index in [1.165, 1.54) is 11.1 Å². The Kier molecular flexibility index (Phi) is 5.21. The quantitative estimate of drug-likeness (QED) is 0.664. The highest BCUT2D eigenvalue weighted by molar-refractivity contribution is 5.92. The largest absolute Gasteiger partial charge is 0.496 e. The molecular formula is C24H25N3O2. The lowest BCUT2D eigenvalue weighted by Gasteiger charge is -2.13. The van der Waals surface area contributed by atoms with Gasteiger partial charge in [-0.15, -0.1) is 0 Å². The number of nitrogens with one attached hydrogen (secondary N) is 1. The second-order valence-corrected chi connectivity index (χ2v) is 7.43. The molecular weight excluding hydrogens is 362 g/mol. The van der Waals surface area contributed by atoms with Crippen molar-refractivity contribution in [3.8, 4) is 11.4 Å². The Morgan fingerprint density at radius 3 is 2.86 bits per heavy atom. The van der Waals surface area contributed by atoms with Crippen molar-refractivity contribution in [1.29, 1.82) is 0 Å². The van der Waals surface area contributed by atoms with Gasteiger partial charge in [0.05, 0.1) is 30.9 Å². The van der Waals surface area contributed by atoms with Gasteiger partial charge in [0, 0.05) is 23.9 Å². The number of nitrogens with zero attached hydrogens (tertiary/aromatic N) is 2. The summed E-state index contributed by atoms with van der Waals surface area (Å²) < 4.78 is 7.54. The van der Waals surface area contributed by atoms with Gasteiger partial charge in [-0.1, -0.05) is 24.3 Å². The lowest BCUT2D eigenvalue weighted by atomic mass is 10.1. The molecule has 1 heterocycles. The zero-order valence-electron chi connectivity index (χ0n) is 17.0. The maximum absolute atomic E-state index is 12.5. The van der Waals surface area contributed by atoms with Crippen LogP contribution in [0.2, 0.25) is 0 Å². The Balaban J connectivity index is 1.52. The molecule has 1 atom stereocenters. The number of carbonyl (C=O) groups is 1.